The van der Waals surface area contributed by atoms with Crippen LogP contribution < -0.4 is 16.2 Å². The van der Waals surface area contributed by atoms with Crippen molar-refractivity contribution < 1.29 is 13.9 Å². The second-order valence-corrected chi connectivity index (χ2v) is 4.45. The van der Waals surface area contributed by atoms with Crippen LogP contribution in [-0.4, -0.2) is 5.91 Å². The number of carbonyl (C=O) groups is 1. The minimum Gasteiger partial charge on any atom is -0.484 e. The Labute approximate surface area is 116 Å². The molecule has 0 unspecified atom stereocenters. The van der Waals surface area contributed by atoms with Gasteiger partial charge < -0.3 is 16.2 Å². The van der Waals surface area contributed by atoms with Crippen molar-refractivity contribution in [1.29, 1.82) is 0 Å². The Morgan fingerprint density at radius 2 is 2.05 bits per heavy atom. The number of nitrogens with two attached hydrogens (primary N) is 2. The number of anilines is 1. The molecule has 5 heteroatoms. The van der Waals surface area contributed by atoms with E-state index in [9.17, 15) is 9.18 Å². The number of carbonyl (C=O) groups excluding carboxylic acids is 1. The molecule has 0 heterocycles. The number of rotatable bonds is 4. The molecule has 0 radical (unpaired) electrons. The Bertz CT molecular complexity index is 636. The average molecular weight is 274 g/mol. The van der Waals surface area contributed by atoms with Crippen LogP contribution in [0.5, 0.6) is 5.75 Å². The van der Waals surface area contributed by atoms with Crippen LogP contribution in [-0.2, 0) is 6.61 Å². The molecular weight excluding hydrogens is 259 g/mol. The number of hydrogen-bond donors (Lipinski definition) is 2. The number of amides is 1. The second-order valence-electron chi connectivity index (χ2n) is 4.45. The summed E-state index contributed by atoms with van der Waals surface area (Å²) < 4.78 is 19.0. The van der Waals surface area contributed by atoms with E-state index >= 15 is 0 Å². The zero-order valence-electron chi connectivity index (χ0n) is 11.0. The SMILES string of the molecule is Cc1cc(C(N)=O)ccc1COc1c(N)cccc1F. The van der Waals surface area contributed by atoms with Gasteiger partial charge in [0.05, 0.1) is 5.69 Å². The van der Waals surface area contributed by atoms with Gasteiger partial charge >= 0.3 is 0 Å². The minimum absolute atomic E-state index is 0.0332. The van der Waals surface area contributed by atoms with Crippen LogP contribution in [0.1, 0.15) is 21.5 Å². The Morgan fingerprint density at radius 1 is 1.30 bits per heavy atom. The van der Waals surface area contributed by atoms with Crippen LogP contribution in [0.3, 0.4) is 0 Å². The van der Waals surface area contributed by atoms with Crippen LogP contribution in [0.2, 0.25) is 0 Å². The van der Waals surface area contributed by atoms with Gasteiger partial charge in [0.25, 0.3) is 0 Å². The highest BCUT2D eigenvalue weighted by atomic mass is 19.1. The molecule has 0 bridgehead atoms. The van der Waals surface area contributed by atoms with E-state index in [-0.39, 0.29) is 18.0 Å². The molecule has 0 aliphatic rings. The van der Waals surface area contributed by atoms with Crippen LogP contribution in [0.4, 0.5) is 10.1 Å². The third-order valence-electron chi connectivity index (χ3n) is 3.00. The van der Waals surface area contributed by atoms with Crippen molar-refractivity contribution in [3.63, 3.8) is 0 Å². The molecular formula is C15H15FN2O2. The van der Waals surface area contributed by atoms with Crippen molar-refractivity contribution in [2.24, 2.45) is 5.73 Å². The van der Waals surface area contributed by atoms with E-state index < -0.39 is 11.7 Å². The smallest absolute Gasteiger partial charge is 0.248 e. The third kappa shape index (κ3) is 2.88. The van der Waals surface area contributed by atoms with Crippen molar-refractivity contribution in [2.45, 2.75) is 13.5 Å². The third-order valence-corrected chi connectivity index (χ3v) is 3.00. The molecule has 2 aromatic rings. The van der Waals surface area contributed by atoms with E-state index in [4.69, 9.17) is 16.2 Å². The number of aryl methyl sites for hydroxylation is 1. The highest BCUT2D eigenvalue weighted by Crippen LogP contribution is 2.26. The lowest BCUT2D eigenvalue weighted by Crippen LogP contribution is -2.11. The number of nitrogen functional groups attached to an aromatic ring is 1. The predicted molar refractivity (Wildman–Crippen MR) is 74.8 cm³/mol. The summed E-state index contributed by atoms with van der Waals surface area (Å²) in [6.07, 6.45) is 0. The van der Waals surface area contributed by atoms with Gasteiger partial charge in [0, 0.05) is 5.56 Å². The molecule has 2 aromatic carbocycles. The van der Waals surface area contributed by atoms with Crippen LogP contribution >= 0.6 is 0 Å². The molecule has 0 fully saturated rings. The first kappa shape index (κ1) is 13.9. The van der Waals surface area contributed by atoms with Crippen molar-refractivity contribution >= 4 is 11.6 Å². The summed E-state index contributed by atoms with van der Waals surface area (Å²) in [5.74, 6) is -0.957. The predicted octanol–water partition coefficient (Wildman–Crippen LogP) is 2.39. The van der Waals surface area contributed by atoms with Gasteiger partial charge in [-0.05, 0) is 42.3 Å². The molecule has 4 N–H and O–H groups in total. The Hall–Kier alpha value is -2.56. The summed E-state index contributed by atoms with van der Waals surface area (Å²) >= 11 is 0. The van der Waals surface area contributed by atoms with Gasteiger partial charge in [-0.15, -0.1) is 0 Å². The number of hydrogen-bond acceptors (Lipinski definition) is 3. The summed E-state index contributed by atoms with van der Waals surface area (Å²) in [5.41, 5.74) is 13.2. The maximum absolute atomic E-state index is 13.6. The number of halogens is 1. The monoisotopic (exact) mass is 274 g/mol. The quantitative estimate of drug-likeness (QED) is 0.840. The van der Waals surface area contributed by atoms with Crippen molar-refractivity contribution in [3.05, 3.63) is 58.9 Å². The van der Waals surface area contributed by atoms with Gasteiger partial charge in [0.2, 0.25) is 5.91 Å². The number of primary amides is 1. The van der Waals surface area contributed by atoms with E-state index in [0.717, 1.165) is 11.1 Å². The van der Waals surface area contributed by atoms with E-state index in [1.807, 2.05) is 6.92 Å². The average Bonchev–Trinajstić information content (AvgIpc) is 2.39. The van der Waals surface area contributed by atoms with Gasteiger partial charge in [-0.1, -0.05) is 12.1 Å². The molecule has 1 amide bonds. The molecule has 0 spiro atoms. The zero-order valence-corrected chi connectivity index (χ0v) is 11.0. The van der Waals surface area contributed by atoms with Crippen molar-refractivity contribution in [2.75, 3.05) is 5.73 Å². The highest BCUT2D eigenvalue weighted by Gasteiger charge is 2.09. The summed E-state index contributed by atoms with van der Waals surface area (Å²) in [7, 11) is 0. The fraction of sp³-hybridized carbons (Fsp3) is 0.133. The van der Waals surface area contributed by atoms with E-state index in [2.05, 4.69) is 0 Å². The highest BCUT2D eigenvalue weighted by molar-refractivity contribution is 5.93. The van der Waals surface area contributed by atoms with Gasteiger partial charge in [-0.25, -0.2) is 4.39 Å². The Balaban J connectivity index is 2.17. The maximum Gasteiger partial charge on any atom is 0.248 e. The summed E-state index contributed by atoms with van der Waals surface area (Å²) in [4.78, 5) is 11.1. The lowest BCUT2D eigenvalue weighted by molar-refractivity contribution is 0.1000. The molecule has 0 atom stereocenters. The van der Waals surface area contributed by atoms with Gasteiger partial charge in [0.1, 0.15) is 6.61 Å². The molecule has 20 heavy (non-hydrogen) atoms. The van der Waals surface area contributed by atoms with Gasteiger partial charge in [-0.2, -0.15) is 0 Å². The maximum atomic E-state index is 13.6. The van der Waals surface area contributed by atoms with E-state index in [1.165, 1.54) is 12.1 Å². The largest absolute Gasteiger partial charge is 0.484 e. The van der Waals surface area contributed by atoms with E-state index in [0.29, 0.717) is 5.56 Å². The van der Waals surface area contributed by atoms with Gasteiger partial charge in [-0.3, -0.25) is 4.79 Å². The molecule has 104 valence electrons. The summed E-state index contributed by atoms with van der Waals surface area (Å²) in [5, 5.41) is 0. The second kappa shape index (κ2) is 5.61. The fourth-order valence-corrected chi connectivity index (χ4v) is 1.84. The van der Waals surface area contributed by atoms with Crippen LogP contribution in [0.15, 0.2) is 36.4 Å². The number of para-hydroxylation sites is 1. The van der Waals surface area contributed by atoms with Crippen molar-refractivity contribution in [3.8, 4) is 5.75 Å². The van der Waals surface area contributed by atoms with Crippen molar-refractivity contribution in [1.82, 2.24) is 0 Å². The normalized spacial score (nSPS) is 10.3. The molecule has 0 aliphatic carbocycles. The Kier molecular flexibility index (Phi) is 3.89. The Morgan fingerprint density at radius 3 is 2.65 bits per heavy atom. The summed E-state index contributed by atoms with van der Waals surface area (Å²) in [6.45, 7) is 1.99. The topological polar surface area (TPSA) is 78.3 Å². The minimum atomic E-state index is -0.503. The lowest BCUT2D eigenvalue weighted by atomic mass is 10.1. The van der Waals surface area contributed by atoms with E-state index in [1.54, 1.807) is 24.3 Å². The number of benzene rings is 2. The molecule has 0 aromatic heterocycles. The van der Waals surface area contributed by atoms with Crippen LogP contribution in [0.25, 0.3) is 0 Å². The fourth-order valence-electron chi connectivity index (χ4n) is 1.84. The molecule has 0 aliphatic heterocycles. The molecule has 2 rings (SSSR count). The first-order valence-electron chi connectivity index (χ1n) is 6.05. The van der Waals surface area contributed by atoms with Crippen LogP contribution in [0, 0.1) is 12.7 Å². The lowest BCUT2D eigenvalue weighted by Gasteiger charge is -2.12. The zero-order chi connectivity index (χ0) is 14.7. The first-order chi connectivity index (χ1) is 9.49. The molecule has 0 saturated heterocycles. The summed E-state index contributed by atoms with van der Waals surface area (Å²) in [6, 6.07) is 9.39. The molecule has 4 nitrogen and oxygen atoms in total. The number of ether oxygens (including phenoxy) is 1. The first-order valence-corrected chi connectivity index (χ1v) is 6.05. The van der Waals surface area contributed by atoms with Gasteiger partial charge in [0.15, 0.2) is 11.6 Å². The molecule has 0 saturated carbocycles. The standard InChI is InChI=1S/C15H15FN2O2/c1-9-7-10(15(18)19)5-6-11(9)8-20-14-12(16)3-2-4-13(14)17/h2-7H,8,17H2,1H3,(H2,18,19).